The Morgan fingerprint density at radius 3 is 2.47 bits per heavy atom. The van der Waals surface area contributed by atoms with Crippen molar-refractivity contribution in [2.24, 2.45) is 0 Å². The van der Waals surface area contributed by atoms with Gasteiger partial charge < -0.3 is 9.64 Å². The van der Waals surface area contributed by atoms with Gasteiger partial charge in [-0.25, -0.2) is 0 Å². The molecule has 0 saturated heterocycles. The zero-order valence-electron chi connectivity index (χ0n) is 17.3. The number of para-hydroxylation sites is 1. The average molecular weight is 458 g/mol. The summed E-state index contributed by atoms with van der Waals surface area (Å²) < 4.78 is 31.9. The number of nitro groups is 1. The highest BCUT2D eigenvalue weighted by molar-refractivity contribution is 7.85. The van der Waals surface area contributed by atoms with Crippen LogP contribution in [0.15, 0.2) is 60.7 Å². The molecule has 1 heterocycles. The maximum atomic E-state index is 13.0. The number of allylic oxidation sites excluding steroid dienone is 2. The summed E-state index contributed by atoms with van der Waals surface area (Å²) in [6.07, 6.45) is 6.17. The second-order valence-electron chi connectivity index (χ2n) is 6.90. The molecule has 0 fully saturated rings. The maximum absolute atomic E-state index is 13.0. The van der Waals surface area contributed by atoms with Crippen molar-refractivity contribution in [1.29, 1.82) is 0 Å². The largest absolute Gasteiger partial charge is 0.377 e. The third-order valence-corrected chi connectivity index (χ3v) is 5.20. The number of carbonyl (C=O) groups excluding carboxylic acids is 1. The van der Waals surface area contributed by atoms with E-state index in [-0.39, 0.29) is 31.4 Å². The van der Waals surface area contributed by atoms with Gasteiger partial charge in [0.15, 0.2) is 0 Å². The monoisotopic (exact) mass is 458 g/mol. The summed E-state index contributed by atoms with van der Waals surface area (Å²) in [6, 6.07) is 13.5. The standard InChI is InChI=1S/C22H22N2O7S/c1-32(28,29)31-16-15-30-14-13-23-21-8-3-2-6-19(21)20(22(23)25)7-4-5-17-9-11-18(12-10-17)24(26)27/h2-12H,13-16H2,1H3/b5-4+,20-7-. The van der Waals surface area contributed by atoms with Crippen LogP contribution in [-0.2, 0) is 23.8 Å². The van der Waals surface area contributed by atoms with Gasteiger partial charge in [-0.15, -0.1) is 0 Å². The van der Waals surface area contributed by atoms with E-state index in [2.05, 4.69) is 4.18 Å². The first-order chi connectivity index (χ1) is 15.3. The zero-order chi connectivity index (χ0) is 23.1. The van der Waals surface area contributed by atoms with Gasteiger partial charge in [-0.1, -0.05) is 30.4 Å². The second kappa shape index (κ2) is 10.3. The first-order valence-electron chi connectivity index (χ1n) is 9.72. The molecule has 0 aliphatic carbocycles. The van der Waals surface area contributed by atoms with Gasteiger partial charge in [-0.2, -0.15) is 8.42 Å². The maximum Gasteiger partial charge on any atom is 0.269 e. The topological polar surface area (TPSA) is 116 Å². The molecule has 32 heavy (non-hydrogen) atoms. The van der Waals surface area contributed by atoms with Crippen LogP contribution in [0.3, 0.4) is 0 Å². The molecule has 0 N–H and O–H groups in total. The van der Waals surface area contributed by atoms with Crippen LogP contribution in [0.5, 0.6) is 0 Å². The molecule has 0 unspecified atom stereocenters. The van der Waals surface area contributed by atoms with E-state index in [0.29, 0.717) is 12.1 Å². The molecular formula is C22H22N2O7S. The Morgan fingerprint density at radius 1 is 1.06 bits per heavy atom. The van der Waals surface area contributed by atoms with Gasteiger partial charge in [0, 0.05) is 29.8 Å². The summed E-state index contributed by atoms with van der Waals surface area (Å²) in [7, 11) is -3.51. The lowest BCUT2D eigenvalue weighted by molar-refractivity contribution is -0.384. The van der Waals surface area contributed by atoms with E-state index >= 15 is 0 Å². The van der Waals surface area contributed by atoms with Gasteiger partial charge >= 0.3 is 0 Å². The Balaban J connectivity index is 1.65. The predicted octanol–water partition coefficient (Wildman–Crippen LogP) is 3.03. The van der Waals surface area contributed by atoms with E-state index in [9.17, 15) is 23.3 Å². The number of nitro benzene ring substituents is 1. The summed E-state index contributed by atoms with van der Waals surface area (Å²) >= 11 is 0. The molecule has 1 amide bonds. The van der Waals surface area contributed by atoms with Crippen LogP contribution in [-0.4, -0.2) is 51.9 Å². The van der Waals surface area contributed by atoms with E-state index in [0.717, 1.165) is 23.1 Å². The van der Waals surface area contributed by atoms with Crippen LogP contribution in [0.25, 0.3) is 11.6 Å². The summed E-state index contributed by atoms with van der Waals surface area (Å²) in [5.41, 5.74) is 2.88. The highest BCUT2D eigenvalue weighted by Gasteiger charge is 2.31. The fraction of sp³-hybridized carbons (Fsp3) is 0.227. The quantitative estimate of drug-likeness (QED) is 0.177. The molecule has 0 atom stereocenters. The van der Waals surface area contributed by atoms with E-state index in [1.54, 1.807) is 35.3 Å². The molecule has 10 heteroatoms. The average Bonchev–Trinajstić information content (AvgIpc) is 3.01. The van der Waals surface area contributed by atoms with Gasteiger partial charge in [-0.3, -0.25) is 19.1 Å². The van der Waals surface area contributed by atoms with Crippen LogP contribution in [0, 0.1) is 10.1 Å². The lowest BCUT2D eigenvalue weighted by Crippen LogP contribution is -2.30. The van der Waals surface area contributed by atoms with Crippen LogP contribution < -0.4 is 4.90 Å². The Bertz CT molecular complexity index is 1160. The van der Waals surface area contributed by atoms with Crippen molar-refractivity contribution in [1.82, 2.24) is 0 Å². The summed E-state index contributed by atoms with van der Waals surface area (Å²) in [5.74, 6) is -0.171. The highest BCUT2D eigenvalue weighted by Crippen LogP contribution is 2.36. The summed E-state index contributed by atoms with van der Waals surface area (Å²) in [4.78, 5) is 24.9. The Morgan fingerprint density at radius 2 is 1.78 bits per heavy atom. The fourth-order valence-corrected chi connectivity index (χ4v) is 3.53. The van der Waals surface area contributed by atoms with Crippen molar-refractivity contribution in [2.75, 3.05) is 37.5 Å². The molecule has 0 bridgehead atoms. The number of ether oxygens (including phenoxy) is 1. The fourth-order valence-electron chi connectivity index (χ4n) is 3.15. The van der Waals surface area contributed by atoms with E-state index in [1.807, 2.05) is 24.3 Å². The first kappa shape index (κ1) is 23.3. The number of hydrogen-bond donors (Lipinski definition) is 0. The number of carbonyl (C=O) groups is 1. The second-order valence-corrected chi connectivity index (χ2v) is 8.54. The van der Waals surface area contributed by atoms with Crippen molar-refractivity contribution in [3.63, 3.8) is 0 Å². The van der Waals surface area contributed by atoms with Gasteiger partial charge in [-0.05, 0) is 29.8 Å². The summed E-state index contributed by atoms with van der Waals surface area (Å²) in [6.45, 7) is 0.538. The minimum absolute atomic E-state index is 0.0149. The Kier molecular flexibility index (Phi) is 7.52. The molecule has 2 aromatic rings. The van der Waals surface area contributed by atoms with Crippen LogP contribution in [0.1, 0.15) is 11.1 Å². The van der Waals surface area contributed by atoms with Crippen LogP contribution in [0.2, 0.25) is 0 Å². The van der Waals surface area contributed by atoms with Gasteiger partial charge in [0.25, 0.3) is 21.7 Å². The molecule has 0 saturated carbocycles. The van der Waals surface area contributed by atoms with E-state index < -0.39 is 15.0 Å². The minimum atomic E-state index is -3.51. The summed E-state index contributed by atoms with van der Waals surface area (Å²) in [5, 5.41) is 10.7. The smallest absolute Gasteiger partial charge is 0.269 e. The number of amides is 1. The van der Waals surface area contributed by atoms with Crippen molar-refractivity contribution in [2.45, 2.75) is 0 Å². The van der Waals surface area contributed by atoms with Crippen LogP contribution in [0.4, 0.5) is 11.4 Å². The number of benzene rings is 2. The number of anilines is 1. The third kappa shape index (κ3) is 6.10. The van der Waals surface area contributed by atoms with Crippen molar-refractivity contribution < 1.29 is 27.1 Å². The molecule has 1 aliphatic heterocycles. The number of rotatable bonds is 10. The minimum Gasteiger partial charge on any atom is -0.377 e. The van der Waals surface area contributed by atoms with Crippen molar-refractivity contribution >= 4 is 39.0 Å². The van der Waals surface area contributed by atoms with Crippen LogP contribution >= 0.6 is 0 Å². The van der Waals surface area contributed by atoms with Crippen molar-refractivity contribution in [3.05, 3.63) is 81.9 Å². The molecule has 0 spiro atoms. The number of nitrogens with zero attached hydrogens (tertiary/aromatic N) is 2. The first-order valence-corrected chi connectivity index (χ1v) is 11.5. The Hall–Kier alpha value is -3.34. The van der Waals surface area contributed by atoms with Gasteiger partial charge in [0.2, 0.25) is 0 Å². The molecular weight excluding hydrogens is 436 g/mol. The highest BCUT2D eigenvalue weighted by atomic mass is 32.2. The molecule has 3 rings (SSSR count). The molecule has 2 aromatic carbocycles. The predicted molar refractivity (Wildman–Crippen MR) is 121 cm³/mol. The van der Waals surface area contributed by atoms with Gasteiger partial charge in [0.05, 0.1) is 36.7 Å². The van der Waals surface area contributed by atoms with Crippen molar-refractivity contribution in [3.8, 4) is 0 Å². The molecule has 0 aromatic heterocycles. The molecule has 9 nitrogen and oxygen atoms in total. The third-order valence-electron chi connectivity index (χ3n) is 4.60. The molecule has 0 radical (unpaired) electrons. The number of non-ortho nitro benzene ring substituents is 1. The van der Waals surface area contributed by atoms with E-state index in [1.165, 1.54) is 12.1 Å². The zero-order valence-corrected chi connectivity index (χ0v) is 18.2. The normalized spacial score (nSPS) is 15.0. The SMILES string of the molecule is CS(=O)(=O)OCCOCCN1C(=O)/C(=C\C=C\c2ccc([N+](=O)[O-])cc2)c2ccccc21. The van der Waals surface area contributed by atoms with Gasteiger partial charge in [0.1, 0.15) is 0 Å². The lowest BCUT2D eigenvalue weighted by atomic mass is 10.1. The number of hydrogen-bond acceptors (Lipinski definition) is 7. The van der Waals surface area contributed by atoms with E-state index in [4.69, 9.17) is 4.74 Å². The molecule has 1 aliphatic rings. The Labute approximate surface area is 185 Å². The number of fused-ring (bicyclic) bond motifs is 1. The lowest BCUT2D eigenvalue weighted by Gasteiger charge is -2.17. The molecule has 168 valence electrons.